The van der Waals surface area contributed by atoms with Crippen LogP contribution in [0.15, 0.2) is 48.7 Å². The van der Waals surface area contributed by atoms with E-state index in [9.17, 15) is 9.59 Å². The third-order valence-corrected chi connectivity index (χ3v) is 7.80. The Balaban J connectivity index is 1.37. The average Bonchev–Trinajstić information content (AvgIpc) is 3.26. The van der Waals surface area contributed by atoms with Crippen LogP contribution in [-0.2, 0) is 30.8 Å². The van der Waals surface area contributed by atoms with Gasteiger partial charge in [-0.2, -0.15) is 9.78 Å². The lowest BCUT2D eigenvalue weighted by Crippen LogP contribution is -2.51. The van der Waals surface area contributed by atoms with Gasteiger partial charge in [0.2, 0.25) is 5.91 Å². The van der Waals surface area contributed by atoms with E-state index in [2.05, 4.69) is 11.2 Å². The molecule has 0 saturated carbocycles. The number of carbonyl (C=O) groups excluding carboxylic acids is 2. The summed E-state index contributed by atoms with van der Waals surface area (Å²) < 4.78 is 23.9. The Morgan fingerprint density at radius 1 is 1.05 bits per heavy atom. The van der Waals surface area contributed by atoms with E-state index >= 15 is 0 Å². The van der Waals surface area contributed by atoms with Crippen molar-refractivity contribution in [3.63, 3.8) is 0 Å². The number of hydrogen-bond acceptors (Lipinski definition) is 7. The largest absolute Gasteiger partial charge is 0.497 e. The molecule has 1 atom stereocenters. The normalized spacial score (nSPS) is 19.7. The van der Waals surface area contributed by atoms with E-state index < -0.39 is 17.1 Å². The lowest BCUT2D eigenvalue weighted by molar-refractivity contribution is -0.141. The molecule has 2 aromatic carbocycles. The Kier molecular flexibility index (Phi) is 8.14. The Hall–Kier alpha value is -3.43. The molecule has 0 aliphatic carbocycles. The molecule has 214 valence electrons. The van der Waals surface area contributed by atoms with Gasteiger partial charge < -0.3 is 23.8 Å². The number of hydrogen-bond donors (Lipinski definition) is 0. The van der Waals surface area contributed by atoms with Gasteiger partial charge in [-0.15, -0.1) is 0 Å². The summed E-state index contributed by atoms with van der Waals surface area (Å²) in [6, 6.07) is 13.7. The zero-order valence-electron chi connectivity index (χ0n) is 23.9. The van der Waals surface area contributed by atoms with Crippen LogP contribution in [0.25, 0.3) is 10.9 Å². The first-order valence-electron chi connectivity index (χ1n) is 14.0. The highest BCUT2D eigenvalue weighted by atomic mass is 16.6. The molecule has 0 bridgehead atoms. The number of rotatable bonds is 5. The van der Waals surface area contributed by atoms with Crippen molar-refractivity contribution in [3.05, 3.63) is 59.8 Å². The highest BCUT2D eigenvalue weighted by molar-refractivity contribution is 5.90. The van der Waals surface area contributed by atoms with E-state index in [0.29, 0.717) is 64.3 Å². The van der Waals surface area contributed by atoms with E-state index in [4.69, 9.17) is 18.9 Å². The zero-order chi connectivity index (χ0) is 28.3. The minimum absolute atomic E-state index is 0.0923. The Morgan fingerprint density at radius 2 is 1.80 bits per heavy atom. The number of carbonyl (C=O) groups is 2. The highest BCUT2D eigenvalue weighted by Crippen LogP contribution is 2.38. The first-order valence-corrected chi connectivity index (χ1v) is 14.0. The number of aromatic nitrogens is 2. The van der Waals surface area contributed by atoms with Gasteiger partial charge >= 0.3 is 6.09 Å². The van der Waals surface area contributed by atoms with Crippen LogP contribution >= 0.6 is 0 Å². The Morgan fingerprint density at radius 3 is 2.50 bits per heavy atom. The molecule has 3 aromatic rings. The molecule has 5 rings (SSSR count). The van der Waals surface area contributed by atoms with Crippen LogP contribution in [0.3, 0.4) is 0 Å². The second-order valence-electron chi connectivity index (χ2n) is 11.7. The van der Waals surface area contributed by atoms with Gasteiger partial charge in [0.15, 0.2) is 0 Å². The lowest BCUT2D eigenvalue weighted by Gasteiger charge is -2.40. The van der Waals surface area contributed by atoms with Gasteiger partial charge in [-0.3, -0.25) is 4.79 Å². The number of benzene rings is 2. The van der Waals surface area contributed by atoms with Gasteiger partial charge in [-0.25, -0.2) is 4.79 Å². The fourth-order valence-corrected chi connectivity index (χ4v) is 5.80. The fourth-order valence-electron chi connectivity index (χ4n) is 5.80. The van der Waals surface area contributed by atoms with Crippen LogP contribution < -0.4 is 4.74 Å². The molecule has 2 fully saturated rings. The number of ether oxygens (including phenoxy) is 4. The lowest BCUT2D eigenvalue weighted by atomic mass is 9.72. The van der Waals surface area contributed by atoms with E-state index in [0.717, 1.165) is 22.3 Å². The molecule has 1 unspecified atom stereocenters. The molecule has 9 heteroatoms. The summed E-state index contributed by atoms with van der Waals surface area (Å²) in [6.07, 6.45) is 3.19. The minimum Gasteiger partial charge on any atom is -0.497 e. The Bertz CT molecular complexity index is 1340. The molecule has 2 aliphatic heterocycles. The van der Waals surface area contributed by atoms with E-state index in [1.165, 1.54) is 4.68 Å². The van der Waals surface area contributed by atoms with Gasteiger partial charge in [-0.05, 0) is 69.4 Å². The summed E-state index contributed by atoms with van der Waals surface area (Å²) in [5.41, 5.74) is 1.52. The van der Waals surface area contributed by atoms with Crippen LogP contribution in [0, 0.1) is 5.92 Å². The first kappa shape index (κ1) is 28.1. The van der Waals surface area contributed by atoms with Gasteiger partial charge in [0.1, 0.15) is 11.4 Å². The standard InChI is InChI=1S/C31H39N3O6/c1-30(2,3)40-29(36)34-27-7-5-6-23(26(27)19-32-34)18-22-20-33(14-17-39-21-22)28(35)31(12-15-38-16-13-31)24-8-10-25(37-4)11-9-24/h5-11,19,22H,12-18,20-21H2,1-4H3. The average molecular weight is 550 g/mol. The molecular weight excluding hydrogens is 510 g/mol. The van der Waals surface area contributed by atoms with Crippen LogP contribution in [-0.4, -0.2) is 78.9 Å². The van der Waals surface area contributed by atoms with Gasteiger partial charge in [0, 0.05) is 37.6 Å². The predicted molar refractivity (Wildman–Crippen MR) is 151 cm³/mol. The summed E-state index contributed by atoms with van der Waals surface area (Å²) in [6.45, 7) is 8.80. The number of nitrogens with zero attached hydrogens (tertiary/aromatic N) is 3. The van der Waals surface area contributed by atoms with Crippen LogP contribution in [0.4, 0.5) is 4.79 Å². The van der Waals surface area contributed by atoms with E-state index in [1.807, 2.05) is 62.1 Å². The Labute approximate surface area is 235 Å². The van der Waals surface area contributed by atoms with Crippen molar-refractivity contribution >= 4 is 22.9 Å². The molecule has 3 heterocycles. The van der Waals surface area contributed by atoms with Gasteiger partial charge in [0.25, 0.3) is 0 Å². The fraction of sp³-hybridized carbons (Fsp3) is 0.516. The number of methoxy groups -OCH3 is 1. The van der Waals surface area contributed by atoms with Crippen LogP contribution in [0.5, 0.6) is 5.75 Å². The van der Waals surface area contributed by atoms with Crippen molar-refractivity contribution in [1.82, 2.24) is 14.7 Å². The summed E-state index contributed by atoms with van der Waals surface area (Å²) >= 11 is 0. The maximum Gasteiger partial charge on any atom is 0.435 e. The molecule has 0 N–H and O–H groups in total. The SMILES string of the molecule is COc1ccc(C2(C(=O)N3CCOCC(Cc4cccc5c4cnn5C(=O)OC(C)(C)C)C3)CCOCC2)cc1. The smallest absolute Gasteiger partial charge is 0.435 e. The van der Waals surface area contributed by atoms with Crippen LogP contribution in [0.2, 0.25) is 0 Å². The van der Waals surface area contributed by atoms with Crippen molar-refractivity contribution in [1.29, 1.82) is 0 Å². The van der Waals surface area contributed by atoms with Crippen LogP contribution in [0.1, 0.15) is 44.7 Å². The topological polar surface area (TPSA) is 92.1 Å². The summed E-state index contributed by atoms with van der Waals surface area (Å²) in [5.74, 6) is 0.993. The predicted octanol–water partition coefficient (Wildman–Crippen LogP) is 4.59. The second kappa shape index (κ2) is 11.6. The zero-order valence-corrected chi connectivity index (χ0v) is 23.9. The first-order chi connectivity index (χ1) is 19.2. The number of fused-ring (bicyclic) bond motifs is 1. The molecule has 2 aliphatic rings. The van der Waals surface area contributed by atoms with Crippen molar-refractivity contribution in [3.8, 4) is 5.75 Å². The monoisotopic (exact) mass is 549 g/mol. The molecular formula is C31H39N3O6. The van der Waals surface area contributed by atoms with E-state index in [1.54, 1.807) is 13.3 Å². The number of amides is 1. The summed E-state index contributed by atoms with van der Waals surface area (Å²) in [5, 5.41) is 5.23. The molecule has 40 heavy (non-hydrogen) atoms. The maximum atomic E-state index is 14.3. The molecule has 2 saturated heterocycles. The second-order valence-corrected chi connectivity index (χ2v) is 11.7. The van der Waals surface area contributed by atoms with Crippen molar-refractivity contribution in [2.75, 3.05) is 46.6 Å². The quantitative estimate of drug-likeness (QED) is 0.460. The summed E-state index contributed by atoms with van der Waals surface area (Å²) in [7, 11) is 1.64. The molecule has 9 nitrogen and oxygen atoms in total. The van der Waals surface area contributed by atoms with E-state index in [-0.39, 0.29) is 11.8 Å². The minimum atomic E-state index is -0.631. The third kappa shape index (κ3) is 5.86. The maximum absolute atomic E-state index is 14.3. The summed E-state index contributed by atoms with van der Waals surface area (Å²) in [4.78, 5) is 29.0. The molecule has 1 aromatic heterocycles. The molecule has 0 spiro atoms. The van der Waals surface area contributed by atoms with Gasteiger partial charge in [0.05, 0.1) is 37.5 Å². The molecule has 1 amide bonds. The molecule has 0 radical (unpaired) electrons. The third-order valence-electron chi connectivity index (χ3n) is 7.80. The highest BCUT2D eigenvalue weighted by Gasteiger charge is 2.44. The van der Waals surface area contributed by atoms with Crippen molar-refractivity contribution < 1.29 is 28.5 Å². The van der Waals surface area contributed by atoms with Crippen molar-refractivity contribution in [2.24, 2.45) is 5.92 Å². The van der Waals surface area contributed by atoms with Gasteiger partial charge in [-0.1, -0.05) is 24.3 Å². The van der Waals surface area contributed by atoms with Crippen molar-refractivity contribution in [2.45, 2.75) is 51.0 Å².